The lowest BCUT2D eigenvalue weighted by atomic mass is 10.1. The van der Waals surface area contributed by atoms with E-state index in [0.717, 1.165) is 13.2 Å². The van der Waals surface area contributed by atoms with Crippen molar-refractivity contribution in [1.29, 1.82) is 0 Å². The number of anilines is 3. The first-order chi connectivity index (χ1) is 10.9. The molecule has 0 amide bonds. The van der Waals surface area contributed by atoms with E-state index in [4.69, 9.17) is 5.73 Å². The average molecular weight is 326 g/mol. The van der Waals surface area contributed by atoms with Crippen LogP contribution in [0, 0.1) is 5.82 Å². The van der Waals surface area contributed by atoms with Crippen molar-refractivity contribution in [3.63, 3.8) is 0 Å². The summed E-state index contributed by atoms with van der Waals surface area (Å²) >= 11 is 0. The Balaban J connectivity index is 2.28. The van der Waals surface area contributed by atoms with E-state index in [1.165, 1.54) is 30.3 Å². The molecular weight excluding hydrogens is 313 g/mol. The molecule has 2 rings (SSSR count). The number of carbonyl (C=O) groups is 1. The molecule has 0 radical (unpaired) electrons. The van der Waals surface area contributed by atoms with Crippen LogP contribution in [0.5, 0.6) is 5.75 Å². The Hall–Kier alpha value is -2.90. The van der Waals surface area contributed by atoms with Gasteiger partial charge in [0.2, 0.25) is 0 Å². The fourth-order valence-corrected chi connectivity index (χ4v) is 1.89. The third kappa shape index (κ3) is 4.06. The van der Waals surface area contributed by atoms with Gasteiger partial charge in [0.15, 0.2) is 0 Å². The van der Waals surface area contributed by atoms with E-state index < -0.39 is 18.4 Å². The molecule has 0 unspecified atom stereocenters. The van der Waals surface area contributed by atoms with E-state index in [2.05, 4.69) is 14.8 Å². The summed E-state index contributed by atoms with van der Waals surface area (Å²) in [7, 11) is 1.16. The van der Waals surface area contributed by atoms with Crippen LogP contribution in [-0.4, -0.2) is 19.7 Å². The molecular formula is C15H13F3N2O3. The van der Waals surface area contributed by atoms with Crippen LogP contribution in [0.25, 0.3) is 0 Å². The van der Waals surface area contributed by atoms with Crippen LogP contribution in [0.15, 0.2) is 36.4 Å². The van der Waals surface area contributed by atoms with Gasteiger partial charge in [0.05, 0.1) is 24.0 Å². The molecule has 3 N–H and O–H groups in total. The van der Waals surface area contributed by atoms with Crippen LogP contribution in [0.4, 0.5) is 30.2 Å². The first-order valence-electron chi connectivity index (χ1n) is 6.40. The van der Waals surface area contributed by atoms with Crippen molar-refractivity contribution in [1.82, 2.24) is 0 Å². The molecule has 0 aliphatic rings. The summed E-state index contributed by atoms with van der Waals surface area (Å²) in [6.45, 7) is -2.97. The van der Waals surface area contributed by atoms with E-state index >= 15 is 0 Å². The number of hydrogen-bond acceptors (Lipinski definition) is 5. The summed E-state index contributed by atoms with van der Waals surface area (Å²) in [5.74, 6) is -1.60. The maximum absolute atomic E-state index is 14.1. The summed E-state index contributed by atoms with van der Waals surface area (Å²) in [5, 5.41) is 2.66. The van der Waals surface area contributed by atoms with Gasteiger partial charge in [-0.1, -0.05) is 6.07 Å². The molecule has 5 nitrogen and oxygen atoms in total. The molecule has 0 heterocycles. The van der Waals surface area contributed by atoms with Crippen molar-refractivity contribution in [2.45, 2.75) is 6.61 Å². The minimum absolute atomic E-state index is 0.0365. The molecule has 122 valence electrons. The number of nitrogens with two attached hydrogens (primary N) is 1. The van der Waals surface area contributed by atoms with E-state index in [1.54, 1.807) is 0 Å². The fourth-order valence-electron chi connectivity index (χ4n) is 1.89. The van der Waals surface area contributed by atoms with Crippen molar-refractivity contribution < 1.29 is 27.4 Å². The van der Waals surface area contributed by atoms with Gasteiger partial charge >= 0.3 is 12.6 Å². The number of halogens is 3. The molecule has 0 saturated carbocycles. The Morgan fingerprint density at radius 1 is 1.26 bits per heavy atom. The van der Waals surface area contributed by atoms with Crippen molar-refractivity contribution in [2.75, 3.05) is 18.2 Å². The quantitative estimate of drug-likeness (QED) is 0.649. The van der Waals surface area contributed by atoms with Gasteiger partial charge in [0, 0.05) is 11.8 Å². The molecule has 23 heavy (non-hydrogen) atoms. The number of ether oxygens (including phenoxy) is 2. The average Bonchev–Trinajstić information content (AvgIpc) is 2.49. The minimum Gasteiger partial charge on any atom is -0.465 e. The summed E-state index contributed by atoms with van der Waals surface area (Å²) in [6, 6.07) is 7.78. The lowest BCUT2D eigenvalue weighted by Crippen LogP contribution is -2.06. The highest BCUT2D eigenvalue weighted by Crippen LogP contribution is 2.29. The smallest absolute Gasteiger partial charge is 0.387 e. The van der Waals surface area contributed by atoms with Crippen molar-refractivity contribution in [2.24, 2.45) is 0 Å². The number of benzene rings is 2. The highest BCUT2D eigenvalue weighted by molar-refractivity contribution is 5.92. The molecule has 0 bridgehead atoms. The maximum Gasteiger partial charge on any atom is 0.387 e. The second-order valence-electron chi connectivity index (χ2n) is 4.45. The van der Waals surface area contributed by atoms with Gasteiger partial charge in [-0.05, 0) is 24.3 Å². The predicted octanol–water partition coefficient (Wildman–Crippen LogP) is 3.54. The van der Waals surface area contributed by atoms with Gasteiger partial charge in [-0.2, -0.15) is 8.78 Å². The topological polar surface area (TPSA) is 73.6 Å². The zero-order valence-electron chi connectivity index (χ0n) is 12.0. The zero-order chi connectivity index (χ0) is 17.0. The lowest BCUT2D eigenvalue weighted by Gasteiger charge is -2.13. The highest BCUT2D eigenvalue weighted by atomic mass is 19.3. The maximum atomic E-state index is 14.1. The third-order valence-electron chi connectivity index (χ3n) is 2.87. The van der Waals surface area contributed by atoms with Gasteiger partial charge in [0.25, 0.3) is 0 Å². The SMILES string of the molecule is COC(=O)c1cc(N)c(Nc2cccc(OC(F)F)c2)c(F)c1. The fraction of sp³-hybridized carbons (Fsp3) is 0.133. The largest absolute Gasteiger partial charge is 0.465 e. The Labute approximate surface area is 129 Å². The number of esters is 1. The zero-order valence-corrected chi connectivity index (χ0v) is 12.0. The highest BCUT2D eigenvalue weighted by Gasteiger charge is 2.14. The number of hydrogen-bond donors (Lipinski definition) is 2. The van der Waals surface area contributed by atoms with Crippen LogP contribution in [-0.2, 0) is 4.74 Å². The number of carbonyl (C=O) groups excluding carboxylic acids is 1. The Morgan fingerprint density at radius 2 is 2.00 bits per heavy atom. The molecule has 2 aromatic rings. The Morgan fingerprint density at radius 3 is 2.61 bits per heavy atom. The van der Waals surface area contributed by atoms with Crippen LogP contribution >= 0.6 is 0 Å². The number of methoxy groups -OCH3 is 1. The van der Waals surface area contributed by atoms with Crippen molar-refractivity contribution in [3.8, 4) is 5.75 Å². The van der Waals surface area contributed by atoms with E-state index in [1.807, 2.05) is 0 Å². The Bertz CT molecular complexity index is 700. The molecule has 0 spiro atoms. The van der Waals surface area contributed by atoms with Gasteiger partial charge in [-0.3, -0.25) is 0 Å². The normalized spacial score (nSPS) is 10.5. The van der Waals surface area contributed by atoms with Crippen LogP contribution in [0.1, 0.15) is 10.4 Å². The van der Waals surface area contributed by atoms with Crippen molar-refractivity contribution >= 4 is 23.0 Å². The van der Waals surface area contributed by atoms with Gasteiger partial charge < -0.3 is 20.5 Å². The van der Waals surface area contributed by atoms with Gasteiger partial charge in [-0.15, -0.1) is 0 Å². The number of rotatable bonds is 5. The second kappa shape index (κ2) is 6.91. The third-order valence-corrected chi connectivity index (χ3v) is 2.87. The Kier molecular flexibility index (Phi) is 4.95. The van der Waals surface area contributed by atoms with Gasteiger partial charge in [0.1, 0.15) is 11.6 Å². The molecule has 0 aliphatic heterocycles. The standard InChI is InChI=1S/C15H13F3N2O3/c1-22-14(21)8-5-11(16)13(12(19)6-8)20-9-3-2-4-10(7-9)23-15(17)18/h2-7,15,20H,19H2,1H3. The lowest BCUT2D eigenvalue weighted by molar-refractivity contribution is -0.0498. The predicted molar refractivity (Wildman–Crippen MR) is 78.5 cm³/mol. The number of nitrogens with one attached hydrogen (secondary N) is 1. The van der Waals surface area contributed by atoms with E-state index in [-0.39, 0.29) is 22.7 Å². The molecule has 0 aromatic heterocycles. The summed E-state index contributed by atoms with van der Waals surface area (Å²) in [4.78, 5) is 11.4. The first kappa shape index (κ1) is 16.5. The monoisotopic (exact) mass is 326 g/mol. The van der Waals surface area contributed by atoms with Crippen LogP contribution in [0.3, 0.4) is 0 Å². The van der Waals surface area contributed by atoms with Crippen LogP contribution < -0.4 is 15.8 Å². The van der Waals surface area contributed by atoms with Gasteiger partial charge in [-0.25, -0.2) is 9.18 Å². The molecule has 0 aliphatic carbocycles. The molecule has 0 saturated heterocycles. The molecule has 2 aromatic carbocycles. The van der Waals surface area contributed by atoms with E-state index in [0.29, 0.717) is 5.69 Å². The number of alkyl halides is 2. The molecule has 0 atom stereocenters. The summed E-state index contributed by atoms with van der Waals surface area (Å²) < 4.78 is 47.2. The molecule has 0 fully saturated rings. The second-order valence-corrected chi connectivity index (χ2v) is 4.45. The minimum atomic E-state index is -2.97. The number of nitrogen functional groups attached to an aromatic ring is 1. The van der Waals surface area contributed by atoms with Crippen molar-refractivity contribution in [3.05, 3.63) is 47.8 Å². The summed E-state index contributed by atoms with van der Waals surface area (Å²) in [6.07, 6.45) is 0. The summed E-state index contributed by atoms with van der Waals surface area (Å²) in [5.41, 5.74) is 5.84. The van der Waals surface area contributed by atoms with Crippen LogP contribution in [0.2, 0.25) is 0 Å². The van der Waals surface area contributed by atoms with E-state index in [9.17, 15) is 18.0 Å². The first-order valence-corrected chi connectivity index (χ1v) is 6.40. The molecule has 8 heteroatoms.